The molecule has 0 N–H and O–H groups in total. The fourth-order valence-electron chi connectivity index (χ4n) is 3.27. The second-order valence-corrected chi connectivity index (χ2v) is 6.08. The van der Waals surface area contributed by atoms with Crippen LogP contribution < -0.4 is 4.74 Å². The standard InChI is InChI=1S/C19H24N2O/c1-22-19-18(8-5-11-20-19)15-21-12-9-17(10-13-21)14-16-6-3-2-4-7-16/h2-8,11,17H,9-10,12-15H2,1H3. The summed E-state index contributed by atoms with van der Waals surface area (Å²) in [5, 5.41) is 0. The highest BCUT2D eigenvalue weighted by Gasteiger charge is 2.20. The number of hydrogen-bond acceptors (Lipinski definition) is 3. The van der Waals surface area contributed by atoms with Gasteiger partial charge in [-0.1, -0.05) is 36.4 Å². The van der Waals surface area contributed by atoms with E-state index in [9.17, 15) is 0 Å². The predicted octanol–water partition coefficient (Wildman–Crippen LogP) is 3.54. The van der Waals surface area contributed by atoms with Gasteiger partial charge in [-0.3, -0.25) is 4.90 Å². The molecule has 1 aliphatic heterocycles. The molecular formula is C19H24N2O. The third-order valence-electron chi connectivity index (χ3n) is 4.51. The van der Waals surface area contributed by atoms with E-state index >= 15 is 0 Å². The molecule has 0 amide bonds. The van der Waals surface area contributed by atoms with Crippen LogP contribution in [0.1, 0.15) is 24.0 Å². The van der Waals surface area contributed by atoms with Crippen molar-refractivity contribution in [3.8, 4) is 5.88 Å². The zero-order chi connectivity index (χ0) is 15.2. The Bertz CT molecular complexity index is 577. The Balaban J connectivity index is 1.51. The number of pyridine rings is 1. The third kappa shape index (κ3) is 3.86. The maximum absolute atomic E-state index is 5.35. The lowest BCUT2D eigenvalue weighted by Crippen LogP contribution is -2.34. The van der Waals surface area contributed by atoms with Crippen molar-refractivity contribution in [2.45, 2.75) is 25.8 Å². The van der Waals surface area contributed by atoms with E-state index in [-0.39, 0.29) is 0 Å². The molecule has 1 aliphatic rings. The molecule has 0 unspecified atom stereocenters. The molecule has 3 heteroatoms. The summed E-state index contributed by atoms with van der Waals surface area (Å²) in [6.45, 7) is 3.26. The maximum Gasteiger partial charge on any atom is 0.217 e. The smallest absolute Gasteiger partial charge is 0.217 e. The van der Waals surface area contributed by atoms with E-state index in [2.05, 4.69) is 46.3 Å². The van der Waals surface area contributed by atoms with E-state index in [4.69, 9.17) is 4.74 Å². The van der Waals surface area contributed by atoms with Crippen LogP contribution in [0.15, 0.2) is 48.7 Å². The van der Waals surface area contributed by atoms with Crippen molar-refractivity contribution in [3.05, 3.63) is 59.8 Å². The van der Waals surface area contributed by atoms with Crippen LogP contribution in [0, 0.1) is 5.92 Å². The van der Waals surface area contributed by atoms with E-state index in [1.165, 1.54) is 30.4 Å². The zero-order valence-electron chi connectivity index (χ0n) is 13.2. The SMILES string of the molecule is COc1ncccc1CN1CCC(Cc2ccccc2)CC1. The van der Waals surface area contributed by atoms with Gasteiger partial charge < -0.3 is 4.74 Å². The minimum Gasteiger partial charge on any atom is -0.481 e. The molecule has 0 spiro atoms. The molecule has 22 heavy (non-hydrogen) atoms. The van der Waals surface area contributed by atoms with Gasteiger partial charge in [-0.2, -0.15) is 0 Å². The van der Waals surface area contributed by atoms with E-state index in [1.807, 2.05) is 6.07 Å². The molecule has 0 aliphatic carbocycles. The number of rotatable bonds is 5. The monoisotopic (exact) mass is 296 g/mol. The van der Waals surface area contributed by atoms with E-state index in [0.717, 1.165) is 31.4 Å². The zero-order valence-corrected chi connectivity index (χ0v) is 13.2. The number of methoxy groups -OCH3 is 1. The van der Waals surface area contributed by atoms with Crippen LogP contribution in [-0.2, 0) is 13.0 Å². The van der Waals surface area contributed by atoms with Crippen LogP contribution in [0.4, 0.5) is 0 Å². The quantitative estimate of drug-likeness (QED) is 0.844. The Kier molecular flexibility index (Phi) is 5.07. The summed E-state index contributed by atoms with van der Waals surface area (Å²) >= 11 is 0. The summed E-state index contributed by atoms with van der Waals surface area (Å²) in [6.07, 6.45) is 5.55. The summed E-state index contributed by atoms with van der Waals surface area (Å²) in [4.78, 5) is 6.80. The second-order valence-electron chi connectivity index (χ2n) is 6.08. The van der Waals surface area contributed by atoms with Crippen molar-refractivity contribution in [1.29, 1.82) is 0 Å². The number of aromatic nitrogens is 1. The van der Waals surface area contributed by atoms with Crippen molar-refractivity contribution < 1.29 is 4.74 Å². The topological polar surface area (TPSA) is 25.4 Å². The first-order valence-electron chi connectivity index (χ1n) is 8.09. The third-order valence-corrected chi connectivity index (χ3v) is 4.51. The van der Waals surface area contributed by atoms with Gasteiger partial charge in [0.25, 0.3) is 0 Å². The van der Waals surface area contributed by atoms with Crippen LogP contribution in [0.5, 0.6) is 5.88 Å². The Morgan fingerprint density at radius 1 is 1.09 bits per heavy atom. The molecule has 1 aromatic carbocycles. The van der Waals surface area contributed by atoms with E-state index in [0.29, 0.717) is 0 Å². The summed E-state index contributed by atoms with van der Waals surface area (Å²) in [5.74, 6) is 1.57. The van der Waals surface area contributed by atoms with Gasteiger partial charge in [0, 0.05) is 18.3 Å². The molecular weight excluding hydrogens is 272 g/mol. The van der Waals surface area contributed by atoms with Gasteiger partial charge in [0.2, 0.25) is 5.88 Å². The fraction of sp³-hybridized carbons (Fsp3) is 0.421. The molecule has 1 saturated heterocycles. The number of ether oxygens (including phenoxy) is 1. The number of benzene rings is 1. The van der Waals surface area contributed by atoms with Crippen LogP contribution in [0.2, 0.25) is 0 Å². The summed E-state index contributed by atoms with van der Waals surface area (Å²) in [6, 6.07) is 15.0. The molecule has 0 radical (unpaired) electrons. The van der Waals surface area contributed by atoms with Gasteiger partial charge in [0.05, 0.1) is 7.11 Å². The molecule has 0 saturated carbocycles. The summed E-state index contributed by atoms with van der Waals surface area (Å²) in [7, 11) is 1.69. The molecule has 2 heterocycles. The van der Waals surface area contributed by atoms with Gasteiger partial charge in [-0.25, -0.2) is 4.98 Å². The van der Waals surface area contributed by atoms with Crippen LogP contribution in [-0.4, -0.2) is 30.1 Å². The Morgan fingerprint density at radius 2 is 1.86 bits per heavy atom. The highest BCUT2D eigenvalue weighted by atomic mass is 16.5. The normalized spacial score (nSPS) is 16.6. The highest BCUT2D eigenvalue weighted by Crippen LogP contribution is 2.24. The van der Waals surface area contributed by atoms with E-state index < -0.39 is 0 Å². The van der Waals surface area contributed by atoms with Crippen LogP contribution >= 0.6 is 0 Å². The van der Waals surface area contributed by atoms with Crippen LogP contribution in [0.25, 0.3) is 0 Å². The first kappa shape index (κ1) is 15.0. The van der Waals surface area contributed by atoms with Gasteiger partial charge in [-0.15, -0.1) is 0 Å². The largest absolute Gasteiger partial charge is 0.481 e. The maximum atomic E-state index is 5.35. The van der Waals surface area contributed by atoms with Gasteiger partial charge in [0.15, 0.2) is 0 Å². The van der Waals surface area contributed by atoms with Gasteiger partial charge >= 0.3 is 0 Å². The number of hydrogen-bond donors (Lipinski definition) is 0. The lowest BCUT2D eigenvalue weighted by molar-refractivity contribution is 0.175. The molecule has 116 valence electrons. The molecule has 2 aromatic rings. The Morgan fingerprint density at radius 3 is 2.59 bits per heavy atom. The molecule has 3 rings (SSSR count). The molecule has 0 atom stereocenters. The Hall–Kier alpha value is -1.87. The van der Waals surface area contributed by atoms with Gasteiger partial charge in [0.1, 0.15) is 0 Å². The number of piperidine rings is 1. The van der Waals surface area contributed by atoms with E-state index in [1.54, 1.807) is 13.3 Å². The minimum atomic E-state index is 0.758. The average molecular weight is 296 g/mol. The lowest BCUT2D eigenvalue weighted by Gasteiger charge is -2.32. The van der Waals surface area contributed by atoms with Crippen molar-refractivity contribution in [2.24, 2.45) is 5.92 Å². The summed E-state index contributed by atoms with van der Waals surface area (Å²) < 4.78 is 5.35. The van der Waals surface area contributed by atoms with Crippen molar-refractivity contribution in [2.75, 3.05) is 20.2 Å². The predicted molar refractivity (Wildman–Crippen MR) is 88.9 cm³/mol. The van der Waals surface area contributed by atoms with Crippen molar-refractivity contribution in [1.82, 2.24) is 9.88 Å². The average Bonchev–Trinajstić information content (AvgIpc) is 2.58. The Labute approximate surface area is 132 Å². The molecule has 1 aromatic heterocycles. The first-order chi connectivity index (χ1) is 10.8. The summed E-state index contributed by atoms with van der Waals surface area (Å²) in [5.41, 5.74) is 2.65. The minimum absolute atomic E-state index is 0.758. The molecule has 0 bridgehead atoms. The lowest BCUT2D eigenvalue weighted by atomic mass is 9.90. The van der Waals surface area contributed by atoms with Crippen molar-refractivity contribution in [3.63, 3.8) is 0 Å². The number of likely N-dealkylation sites (tertiary alicyclic amines) is 1. The number of nitrogens with zero attached hydrogens (tertiary/aromatic N) is 2. The first-order valence-corrected chi connectivity index (χ1v) is 8.09. The van der Waals surface area contributed by atoms with Gasteiger partial charge in [-0.05, 0) is 49.9 Å². The second kappa shape index (κ2) is 7.41. The van der Waals surface area contributed by atoms with Crippen LogP contribution in [0.3, 0.4) is 0 Å². The van der Waals surface area contributed by atoms with Crippen molar-refractivity contribution >= 4 is 0 Å². The highest BCUT2D eigenvalue weighted by molar-refractivity contribution is 5.25. The fourth-order valence-corrected chi connectivity index (χ4v) is 3.27. The molecule has 1 fully saturated rings. The molecule has 3 nitrogen and oxygen atoms in total.